The number of hydrogen-bond acceptors (Lipinski definition) is 4. The normalized spacial score (nSPS) is 13.8. The zero-order valence-electron chi connectivity index (χ0n) is 16.5. The Kier molecular flexibility index (Phi) is 9.20. The molecule has 0 spiro atoms. The van der Waals surface area contributed by atoms with Crippen molar-refractivity contribution in [2.24, 2.45) is 5.92 Å². The van der Waals surface area contributed by atoms with Crippen LogP contribution in [0.5, 0.6) is 5.75 Å². The van der Waals surface area contributed by atoms with Crippen molar-refractivity contribution in [2.75, 3.05) is 19.4 Å². The lowest BCUT2D eigenvalue weighted by Crippen LogP contribution is -2.17. The standard InChI is InChI=1S/C20H35O4P/c1-6-23-25(22,24-7-2)16-14-17(3)9-8-15-20(4,5)18-10-12-19(21)13-11-18/h10-13,17,21H,6-9,14-16H2,1-5H3. The molecule has 1 atom stereocenters. The maximum atomic E-state index is 12.5. The Balaban J connectivity index is 2.41. The molecule has 0 radical (unpaired) electrons. The lowest BCUT2D eigenvalue weighted by atomic mass is 9.79. The van der Waals surface area contributed by atoms with E-state index in [9.17, 15) is 9.67 Å². The van der Waals surface area contributed by atoms with Crippen LogP contribution in [0, 0.1) is 5.92 Å². The smallest absolute Gasteiger partial charge is 0.330 e. The number of aromatic hydroxyl groups is 1. The number of phenolic OH excluding ortho intramolecular Hbond substituents is 1. The zero-order chi connectivity index (χ0) is 18.9. The fourth-order valence-corrected chi connectivity index (χ4v) is 4.91. The monoisotopic (exact) mass is 370 g/mol. The van der Waals surface area contributed by atoms with E-state index >= 15 is 0 Å². The summed E-state index contributed by atoms with van der Waals surface area (Å²) in [6.07, 6.45) is 4.65. The summed E-state index contributed by atoms with van der Waals surface area (Å²) in [5.74, 6) is 0.797. The van der Waals surface area contributed by atoms with Crippen LogP contribution in [0.3, 0.4) is 0 Å². The maximum absolute atomic E-state index is 12.5. The first-order valence-electron chi connectivity index (χ1n) is 9.40. The van der Waals surface area contributed by atoms with Crippen LogP contribution in [0.2, 0.25) is 0 Å². The summed E-state index contributed by atoms with van der Waals surface area (Å²) in [6, 6.07) is 7.50. The van der Waals surface area contributed by atoms with Gasteiger partial charge in [0.2, 0.25) is 0 Å². The molecule has 4 nitrogen and oxygen atoms in total. The second kappa shape index (κ2) is 10.4. The van der Waals surface area contributed by atoms with Gasteiger partial charge >= 0.3 is 7.60 Å². The van der Waals surface area contributed by atoms with E-state index in [2.05, 4.69) is 20.8 Å². The minimum absolute atomic E-state index is 0.0827. The number of rotatable bonds is 12. The second-order valence-electron chi connectivity index (χ2n) is 7.39. The van der Waals surface area contributed by atoms with Crippen LogP contribution in [0.15, 0.2) is 24.3 Å². The van der Waals surface area contributed by atoms with Crippen molar-refractivity contribution >= 4 is 7.60 Å². The highest BCUT2D eigenvalue weighted by atomic mass is 31.2. The quantitative estimate of drug-likeness (QED) is 0.450. The van der Waals surface area contributed by atoms with Crippen LogP contribution in [-0.2, 0) is 19.0 Å². The predicted octanol–water partition coefficient (Wildman–Crippen LogP) is 6.13. The molecule has 1 aromatic rings. The van der Waals surface area contributed by atoms with E-state index in [1.165, 1.54) is 5.56 Å². The van der Waals surface area contributed by atoms with Gasteiger partial charge in [-0.15, -0.1) is 0 Å². The van der Waals surface area contributed by atoms with E-state index in [-0.39, 0.29) is 5.41 Å². The molecule has 144 valence electrons. The highest BCUT2D eigenvalue weighted by Gasteiger charge is 2.25. The average Bonchev–Trinajstić information content (AvgIpc) is 2.54. The molecule has 1 aromatic carbocycles. The van der Waals surface area contributed by atoms with Gasteiger partial charge in [0.15, 0.2) is 0 Å². The van der Waals surface area contributed by atoms with E-state index in [1.807, 2.05) is 26.0 Å². The van der Waals surface area contributed by atoms with Gasteiger partial charge in [0.25, 0.3) is 0 Å². The SMILES string of the molecule is CCOP(=O)(CCC(C)CCCC(C)(C)c1ccc(O)cc1)OCC. The summed E-state index contributed by atoms with van der Waals surface area (Å²) in [5, 5.41) is 9.43. The molecule has 1 rings (SSSR count). The molecule has 25 heavy (non-hydrogen) atoms. The van der Waals surface area contributed by atoms with Gasteiger partial charge in [-0.25, -0.2) is 0 Å². The third-order valence-corrected chi connectivity index (χ3v) is 6.80. The Morgan fingerprint density at radius 3 is 2.16 bits per heavy atom. The highest BCUT2D eigenvalue weighted by Crippen LogP contribution is 2.49. The van der Waals surface area contributed by atoms with E-state index in [0.29, 0.717) is 31.0 Å². The fraction of sp³-hybridized carbons (Fsp3) is 0.700. The van der Waals surface area contributed by atoms with Crippen LogP contribution in [0.4, 0.5) is 0 Å². The molecular weight excluding hydrogens is 335 g/mol. The van der Waals surface area contributed by atoms with Crippen molar-refractivity contribution in [2.45, 2.75) is 65.7 Å². The Hall–Kier alpha value is -0.830. The molecule has 0 aliphatic rings. The van der Waals surface area contributed by atoms with Crippen LogP contribution in [0.25, 0.3) is 0 Å². The molecule has 1 N–H and O–H groups in total. The van der Waals surface area contributed by atoms with Gasteiger partial charge in [0.1, 0.15) is 5.75 Å². The second-order valence-corrected chi connectivity index (χ2v) is 9.57. The van der Waals surface area contributed by atoms with Crippen LogP contribution in [0.1, 0.15) is 65.9 Å². The molecular formula is C20H35O4P. The summed E-state index contributed by atoms with van der Waals surface area (Å²) in [6.45, 7) is 11.2. The minimum Gasteiger partial charge on any atom is -0.508 e. The Labute approximate surface area is 153 Å². The van der Waals surface area contributed by atoms with E-state index in [4.69, 9.17) is 9.05 Å². The van der Waals surface area contributed by atoms with Gasteiger partial charge in [-0.3, -0.25) is 4.57 Å². The van der Waals surface area contributed by atoms with E-state index < -0.39 is 7.60 Å². The number of hydrogen-bond donors (Lipinski definition) is 1. The summed E-state index contributed by atoms with van der Waals surface area (Å²) in [4.78, 5) is 0. The molecule has 0 fully saturated rings. The molecule has 0 aromatic heterocycles. The van der Waals surface area contributed by atoms with Gasteiger partial charge in [0, 0.05) is 0 Å². The van der Waals surface area contributed by atoms with Crippen molar-refractivity contribution < 1.29 is 18.7 Å². The molecule has 0 heterocycles. The molecule has 5 heteroatoms. The molecule has 0 saturated heterocycles. The zero-order valence-corrected chi connectivity index (χ0v) is 17.4. The molecule has 0 amide bonds. The third kappa shape index (κ3) is 7.94. The molecule has 0 bridgehead atoms. The number of phenols is 1. The van der Waals surface area contributed by atoms with Crippen LogP contribution >= 0.6 is 7.60 Å². The summed E-state index contributed by atoms with van der Waals surface area (Å²) < 4.78 is 23.2. The summed E-state index contributed by atoms with van der Waals surface area (Å²) in [7, 11) is -2.91. The first-order valence-corrected chi connectivity index (χ1v) is 11.1. The topological polar surface area (TPSA) is 55.8 Å². The van der Waals surface area contributed by atoms with Crippen LogP contribution < -0.4 is 0 Å². The van der Waals surface area contributed by atoms with Gasteiger partial charge in [0.05, 0.1) is 19.4 Å². The molecule has 0 saturated carbocycles. The summed E-state index contributed by atoms with van der Waals surface area (Å²) in [5.41, 5.74) is 1.33. The van der Waals surface area contributed by atoms with Crippen molar-refractivity contribution in [3.05, 3.63) is 29.8 Å². The first-order chi connectivity index (χ1) is 11.7. The Morgan fingerprint density at radius 1 is 1.08 bits per heavy atom. The van der Waals surface area contributed by atoms with Gasteiger partial charge in [-0.05, 0) is 55.7 Å². The van der Waals surface area contributed by atoms with Gasteiger partial charge < -0.3 is 14.2 Å². The Bertz CT molecular complexity index is 529. The van der Waals surface area contributed by atoms with Crippen molar-refractivity contribution in [3.8, 4) is 5.75 Å². The fourth-order valence-electron chi connectivity index (χ4n) is 3.03. The lowest BCUT2D eigenvalue weighted by molar-refractivity contribution is 0.218. The van der Waals surface area contributed by atoms with Crippen molar-refractivity contribution in [3.63, 3.8) is 0 Å². The van der Waals surface area contributed by atoms with Crippen molar-refractivity contribution in [1.82, 2.24) is 0 Å². The van der Waals surface area contributed by atoms with Crippen LogP contribution in [-0.4, -0.2) is 24.5 Å². The maximum Gasteiger partial charge on any atom is 0.330 e. The van der Waals surface area contributed by atoms with Gasteiger partial charge in [-0.1, -0.05) is 45.7 Å². The Morgan fingerprint density at radius 2 is 1.64 bits per heavy atom. The molecule has 0 aliphatic carbocycles. The largest absolute Gasteiger partial charge is 0.508 e. The highest BCUT2D eigenvalue weighted by molar-refractivity contribution is 7.53. The minimum atomic E-state index is -2.91. The average molecular weight is 370 g/mol. The third-order valence-electron chi connectivity index (χ3n) is 4.69. The predicted molar refractivity (Wildman–Crippen MR) is 104 cm³/mol. The lowest BCUT2D eigenvalue weighted by Gasteiger charge is -2.26. The number of benzene rings is 1. The molecule has 0 aliphatic heterocycles. The first kappa shape index (κ1) is 22.2. The van der Waals surface area contributed by atoms with E-state index in [0.717, 1.165) is 25.7 Å². The molecule has 1 unspecified atom stereocenters. The van der Waals surface area contributed by atoms with E-state index in [1.54, 1.807) is 12.1 Å². The van der Waals surface area contributed by atoms with Crippen molar-refractivity contribution in [1.29, 1.82) is 0 Å². The van der Waals surface area contributed by atoms with Gasteiger partial charge in [-0.2, -0.15) is 0 Å². The summed E-state index contributed by atoms with van der Waals surface area (Å²) >= 11 is 0.